The molecule has 0 aliphatic rings. The molecular formula is C14H10BrClFNO. The summed E-state index contributed by atoms with van der Waals surface area (Å²) in [4.78, 5) is 12.1. The van der Waals surface area contributed by atoms with E-state index >= 15 is 0 Å². The maximum atomic E-state index is 13.2. The van der Waals surface area contributed by atoms with Crippen molar-refractivity contribution in [3.8, 4) is 0 Å². The Kier molecular flexibility index (Phi) is 4.22. The minimum Gasteiger partial charge on any atom is -0.322 e. The zero-order valence-corrected chi connectivity index (χ0v) is 12.3. The Hall–Kier alpha value is -1.39. The van der Waals surface area contributed by atoms with Gasteiger partial charge in [0.15, 0.2) is 0 Å². The van der Waals surface area contributed by atoms with Crippen LogP contribution in [0.15, 0.2) is 40.9 Å². The van der Waals surface area contributed by atoms with Crippen LogP contribution in [0, 0.1) is 12.7 Å². The van der Waals surface area contributed by atoms with Crippen molar-refractivity contribution in [2.24, 2.45) is 0 Å². The molecule has 2 aromatic carbocycles. The lowest BCUT2D eigenvalue weighted by molar-refractivity contribution is 0.102. The second kappa shape index (κ2) is 5.72. The van der Waals surface area contributed by atoms with Crippen molar-refractivity contribution in [2.75, 3.05) is 5.32 Å². The fraction of sp³-hybridized carbons (Fsp3) is 0.0714. The highest BCUT2D eigenvalue weighted by Crippen LogP contribution is 2.25. The van der Waals surface area contributed by atoms with Gasteiger partial charge in [-0.3, -0.25) is 4.79 Å². The molecule has 0 heterocycles. The van der Waals surface area contributed by atoms with Gasteiger partial charge in [0.2, 0.25) is 0 Å². The van der Waals surface area contributed by atoms with Gasteiger partial charge in [-0.05, 0) is 58.7 Å². The predicted octanol–water partition coefficient (Wildman–Crippen LogP) is 4.80. The van der Waals surface area contributed by atoms with Gasteiger partial charge in [0.25, 0.3) is 5.91 Å². The van der Waals surface area contributed by atoms with E-state index in [4.69, 9.17) is 11.6 Å². The van der Waals surface area contributed by atoms with Crippen molar-refractivity contribution >= 4 is 39.1 Å². The highest BCUT2D eigenvalue weighted by molar-refractivity contribution is 9.10. The van der Waals surface area contributed by atoms with E-state index in [1.807, 2.05) is 0 Å². The molecule has 2 nitrogen and oxygen atoms in total. The smallest absolute Gasteiger partial charge is 0.256 e. The standard InChI is InChI=1S/C14H10BrClFNO/c1-8-12(16)3-2-4-13(8)18-14(19)10-7-9(17)5-6-11(10)15/h2-7H,1H3,(H,18,19). The van der Waals surface area contributed by atoms with Gasteiger partial charge in [-0.15, -0.1) is 0 Å². The minimum atomic E-state index is -0.462. The molecule has 5 heteroatoms. The molecule has 0 aliphatic carbocycles. The van der Waals surface area contributed by atoms with Crippen molar-refractivity contribution in [2.45, 2.75) is 6.92 Å². The summed E-state index contributed by atoms with van der Waals surface area (Å²) in [6.07, 6.45) is 0. The summed E-state index contributed by atoms with van der Waals surface area (Å²) in [6.45, 7) is 1.80. The summed E-state index contributed by atoms with van der Waals surface area (Å²) in [7, 11) is 0. The van der Waals surface area contributed by atoms with Gasteiger partial charge in [0, 0.05) is 15.2 Å². The molecule has 0 radical (unpaired) electrons. The summed E-state index contributed by atoms with van der Waals surface area (Å²) >= 11 is 9.20. The zero-order valence-electron chi connectivity index (χ0n) is 10.0. The fourth-order valence-corrected chi connectivity index (χ4v) is 2.21. The molecular weight excluding hydrogens is 333 g/mol. The van der Waals surface area contributed by atoms with Gasteiger partial charge in [0.1, 0.15) is 5.82 Å². The van der Waals surface area contributed by atoms with Crippen molar-refractivity contribution < 1.29 is 9.18 Å². The van der Waals surface area contributed by atoms with Crippen LogP contribution >= 0.6 is 27.5 Å². The number of nitrogens with one attached hydrogen (secondary N) is 1. The van der Waals surface area contributed by atoms with E-state index in [1.54, 1.807) is 25.1 Å². The summed E-state index contributed by atoms with van der Waals surface area (Å²) in [5.41, 5.74) is 1.61. The van der Waals surface area contributed by atoms with Crippen LogP contribution in [0.2, 0.25) is 5.02 Å². The third-order valence-corrected chi connectivity index (χ3v) is 3.79. The first-order valence-electron chi connectivity index (χ1n) is 5.50. The second-order valence-corrected chi connectivity index (χ2v) is 5.25. The second-order valence-electron chi connectivity index (χ2n) is 3.99. The summed E-state index contributed by atoms with van der Waals surface area (Å²) < 4.78 is 13.7. The molecule has 98 valence electrons. The van der Waals surface area contributed by atoms with Crippen LogP contribution in [-0.2, 0) is 0 Å². The number of carbonyl (C=O) groups excluding carboxylic acids is 1. The molecule has 0 aliphatic heterocycles. The van der Waals surface area contributed by atoms with E-state index in [2.05, 4.69) is 21.2 Å². The number of rotatable bonds is 2. The number of hydrogen-bond donors (Lipinski definition) is 1. The molecule has 0 fully saturated rings. The van der Waals surface area contributed by atoms with E-state index in [-0.39, 0.29) is 5.56 Å². The summed E-state index contributed by atoms with van der Waals surface area (Å²) in [5, 5.41) is 3.28. The molecule has 0 unspecified atom stereocenters. The van der Waals surface area contributed by atoms with Crippen LogP contribution in [0.3, 0.4) is 0 Å². The number of halogens is 3. The Morgan fingerprint density at radius 1 is 1.32 bits per heavy atom. The van der Waals surface area contributed by atoms with Crippen molar-refractivity contribution in [1.29, 1.82) is 0 Å². The van der Waals surface area contributed by atoms with Gasteiger partial charge in [0.05, 0.1) is 5.56 Å². The summed E-state index contributed by atoms with van der Waals surface area (Å²) in [5.74, 6) is -0.854. The number of hydrogen-bond acceptors (Lipinski definition) is 1. The first-order valence-corrected chi connectivity index (χ1v) is 6.67. The van der Waals surface area contributed by atoms with Gasteiger partial charge in [-0.25, -0.2) is 4.39 Å². The molecule has 0 bridgehead atoms. The Balaban J connectivity index is 2.31. The lowest BCUT2D eigenvalue weighted by Crippen LogP contribution is -2.13. The fourth-order valence-electron chi connectivity index (χ4n) is 1.60. The third-order valence-electron chi connectivity index (χ3n) is 2.69. The van der Waals surface area contributed by atoms with Crippen LogP contribution in [0.4, 0.5) is 10.1 Å². The third kappa shape index (κ3) is 3.14. The molecule has 1 amide bonds. The van der Waals surface area contributed by atoms with Gasteiger partial charge in [-0.1, -0.05) is 17.7 Å². The molecule has 0 atom stereocenters. The molecule has 2 aromatic rings. The number of benzene rings is 2. The lowest BCUT2D eigenvalue weighted by Gasteiger charge is -2.10. The molecule has 0 spiro atoms. The lowest BCUT2D eigenvalue weighted by atomic mass is 10.1. The Morgan fingerprint density at radius 3 is 2.79 bits per heavy atom. The van der Waals surface area contributed by atoms with Crippen molar-refractivity contribution in [3.05, 3.63) is 62.8 Å². The highest BCUT2D eigenvalue weighted by atomic mass is 79.9. The zero-order chi connectivity index (χ0) is 14.0. The van der Waals surface area contributed by atoms with Gasteiger partial charge >= 0.3 is 0 Å². The largest absolute Gasteiger partial charge is 0.322 e. The quantitative estimate of drug-likeness (QED) is 0.834. The van der Waals surface area contributed by atoms with Gasteiger partial charge in [-0.2, -0.15) is 0 Å². The Bertz CT molecular complexity index is 645. The monoisotopic (exact) mass is 341 g/mol. The molecule has 2 rings (SSSR count). The molecule has 0 saturated heterocycles. The van der Waals surface area contributed by atoms with Crippen molar-refractivity contribution in [3.63, 3.8) is 0 Å². The van der Waals surface area contributed by atoms with E-state index in [0.29, 0.717) is 15.2 Å². The number of anilines is 1. The molecule has 0 aromatic heterocycles. The van der Waals surface area contributed by atoms with Crippen LogP contribution in [0.5, 0.6) is 0 Å². The van der Waals surface area contributed by atoms with E-state index in [0.717, 1.165) is 5.56 Å². The van der Waals surface area contributed by atoms with E-state index < -0.39 is 11.7 Å². The Labute approximate surface area is 123 Å². The van der Waals surface area contributed by atoms with E-state index in [1.165, 1.54) is 18.2 Å². The van der Waals surface area contributed by atoms with Crippen LogP contribution < -0.4 is 5.32 Å². The molecule has 1 N–H and O–H groups in total. The van der Waals surface area contributed by atoms with Crippen LogP contribution in [-0.4, -0.2) is 5.91 Å². The maximum absolute atomic E-state index is 13.2. The Morgan fingerprint density at radius 2 is 2.05 bits per heavy atom. The average Bonchev–Trinajstić information content (AvgIpc) is 2.38. The minimum absolute atomic E-state index is 0.236. The molecule has 19 heavy (non-hydrogen) atoms. The van der Waals surface area contributed by atoms with Crippen LogP contribution in [0.1, 0.15) is 15.9 Å². The maximum Gasteiger partial charge on any atom is 0.256 e. The van der Waals surface area contributed by atoms with Crippen LogP contribution in [0.25, 0.3) is 0 Å². The highest BCUT2D eigenvalue weighted by Gasteiger charge is 2.13. The first kappa shape index (κ1) is 14.0. The van der Waals surface area contributed by atoms with Gasteiger partial charge < -0.3 is 5.32 Å². The first-order chi connectivity index (χ1) is 8.99. The molecule has 0 saturated carbocycles. The SMILES string of the molecule is Cc1c(Cl)cccc1NC(=O)c1cc(F)ccc1Br. The normalized spacial score (nSPS) is 10.3. The number of amides is 1. The predicted molar refractivity (Wildman–Crippen MR) is 78.2 cm³/mol. The topological polar surface area (TPSA) is 29.1 Å². The summed E-state index contributed by atoms with van der Waals surface area (Å²) in [6, 6.07) is 9.18. The van der Waals surface area contributed by atoms with E-state index in [9.17, 15) is 9.18 Å². The number of carbonyl (C=O) groups is 1. The van der Waals surface area contributed by atoms with Crippen molar-refractivity contribution in [1.82, 2.24) is 0 Å². The average molecular weight is 343 g/mol.